The summed E-state index contributed by atoms with van der Waals surface area (Å²) in [6, 6.07) is 8.64. The van der Waals surface area contributed by atoms with Crippen molar-refractivity contribution >= 4 is 21.6 Å². The molecule has 0 aromatic heterocycles. The van der Waals surface area contributed by atoms with Crippen LogP contribution in [0.15, 0.2) is 28.7 Å². The largest absolute Gasteiger partial charge is 0.369 e. The van der Waals surface area contributed by atoms with Gasteiger partial charge in [0.1, 0.15) is 0 Å². The molecule has 1 heterocycles. The Hall–Kier alpha value is -0.540. The second kappa shape index (κ2) is 5.84. The van der Waals surface area contributed by atoms with Crippen LogP contribution in [0.3, 0.4) is 0 Å². The molecule has 2 aliphatic rings. The molecule has 1 N–H and O–H groups in total. The Morgan fingerprint density at radius 2 is 1.84 bits per heavy atom. The van der Waals surface area contributed by atoms with Crippen LogP contribution in [0.25, 0.3) is 0 Å². The summed E-state index contributed by atoms with van der Waals surface area (Å²) >= 11 is 3.71. The second-order valence-electron chi connectivity index (χ2n) is 5.99. The van der Waals surface area contributed by atoms with E-state index in [4.69, 9.17) is 0 Å². The number of rotatable bonds is 1. The average molecular weight is 323 g/mol. The maximum atomic E-state index is 3.86. The lowest BCUT2D eigenvalue weighted by Gasteiger charge is -2.40. The van der Waals surface area contributed by atoms with Crippen LogP contribution in [-0.4, -0.2) is 25.2 Å². The van der Waals surface area contributed by atoms with Gasteiger partial charge in [0.15, 0.2) is 0 Å². The van der Waals surface area contributed by atoms with Gasteiger partial charge in [-0.05, 0) is 53.9 Å². The Kier molecular flexibility index (Phi) is 4.13. The predicted molar refractivity (Wildman–Crippen MR) is 84.8 cm³/mol. The highest BCUT2D eigenvalue weighted by atomic mass is 79.9. The highest BCUT2D eigenvalue weighted by Crippen LogP contribution is 2.34. The van der Waals surface area contributed by atoms with Gasteiger partial charge in [-0.15, -0.1) is 0 Å². The topological polar surface area (TPSA) is 15.3 Å². The molecule has 0 amide bonds. The van der Waals surface area contributed by atoms with Crippen LogP contribution in [0, 0.1) is 0 Å². The lowest BCUT2D eigenvalue weighted by atomic mass is 9.81. The molecule has 1 saturated carbocycles. The van der Waals surface area contributed by atoms with E-state index in [2.05, 4.69) is 50.4 Å². The van der Waals surface area contributed by atoms with Gasteiger partial charge in [-0.25, -0.2) is 0 Å². The molecular weight excluding hydrogens is 300 g/mol. The van der Waals surface area contributed by atoms with Gasteiger partial charge in [-0.1, -0.05) is 31.4 Å². The summed E-state index contributed by atoms with van der Waals surface area (Å²) in [5, 5.41) is 3.86. The average Bonchev–Trinajstić information content (AvgIpc) is 2.63. The Bertz CT molecular complexity index is 427. The third kappa shape index (κ3) is 2.97. The van der Waals surface area contributed by atoms with Crippen molar-refractivity contribution < 1.29 is 0 Å². The van der Waals surface area contributed by atoms with Crippen LogP contribution in [0.4, 0.5) is 5.69 Å². The SMILES string of the molecule is Brc1ccccc1N1CCCNC2(CCCCC2)C1. The van der Waals surface area contributed by atoms with Crippen molar-refractivity contribution in [2.45, 2.75) is 44.1 Å². The van der Waals surface area contributed by atoms with E-state index in [9.17, 15) is 0 Å². The fraction of sp³-hybridized carbons (Fsp3) is 0.625. The number of para-hydroxylation sites is 1. The molecule has 1 aliphatic heterocycles. The van der Waals surface area contributed by atoms with E-state index in [1.165, 1.54) is 55.2 Å². The fourth-order valence-corrected chi connectivity index (χ4v) is 4.14. The summed E-state index contributed by atoms with van der Waals surface area (Å²) in [6.07, 6.45) is 8.11. The van der Waals surface area contributed by atoms with Gasteiger partial charge in [-0.3, -0.25) is 0 Å². The normalized spacial score (nSPS) is 23.3. The number of hydrogen-bond donors (Lipinski definition) is 1. The van der Waals surface area contributed by atoms with E-state index in [-0.39, 0.29) is 0 Å². The van der Waals surface area contributed by atoms with Gasteiger partial charge < -0.3 is 10.2 Å². The molecule has 1 aromatic carbocycles. The minimum absolute atomic E-state index is 0.365. The molecule has 2 nitrogen and oxygen atoms in total. The third-order valence-electron chi connectivity index (χ3n) is 4.60. The number of nitrogens with zero attached hydrogens (tertiary/aromatic N) is 1. The second-order valence-corrected chi connectivity index (χ2v) is 6.85. The zero-order valence-electron chi connectivity index (χ0n) is 11.5. The molecule has 0 atom stereocenters. The maximum Gasteiger partial charge on any atom is 0.0511 e. The van der Waals surface area contributed by atoms with Crippen molar-refractivity contribution in [2.24, 2.45) is 0 Å². The summed E-state index contributed by atoms with van der Waals surface area (Å²) in [6.45, 7) is 3.49. The Labute approximate surface area is 124 Å². The van der Waals surface area contributed by atoms with E-state index < -0.39 is 0 Å². The molecular formula is C16H23BrN2. The number of benzene rings is 1. The summed E-state index contributed by atoms with van der Waals surface area (Å²) in [5.41, 5.74) is 1.72. The molecule has 0 unspecified atom stereocenters. The zero-order chi connectivity index (χ0) is 13.1. The molecule has 0 radical (unpaired) electrons. The lowest BCUT2D eigenvalue weighted by Crippen LogP contribution is -2.52. The van der Waals surface area contributed by atoms with Crippen LogP contribution in [0.1, 0.15) is 38.5 Å². The first kappa shape index (κ1) is 13.4. The number of nitrogens with one attached hydrogen (secondary N) is 1. The number of anilines is 1. The summed E-state index contributed by atoms with van der Waals surface area (Å²) in [5.74, 6) is 0. The zero-order valence-corrected chi connectivity index (χ0v) is 13.1. The fourth-order valence-electron chi connectivity index (χ4n) is 3.60. The van der Waals surface area contributed by atoms with Gasteiger partial charge in [0.05, 0.1) is 5.69 Å². The van der Waals surface area contributed by atoms with Crippen molar-refractivity contribution in [1.29, 1.82) is 0 Å². The molecule has 3 heteroatoms. The molecule has 0 bridgehead atoms. The van der Waals surface area contributed by atoms with Gasteiger partial charge in [-0.2, -0.15) is 0 Å². The Morgan fingerprint density at radius 1 is 1.05 bits per heavy atom. The first-order valence-corrected chi connectivity index (χ1v) is 8.33. The van der Waals surface area contributed by atoms with E-state index in [0.29, 0.717) is 5.54 Å². The lowest BCUT2D eigenvalue weighted by molar-refractivity contribution is 0.246. The van der Waals surface area contributed by atoms with Crippen molar-refractivity contribution in [3.05, 3.63) is 28.7 Å². The molecule has 1 spiro atoms. The van der Waals surface area contributed by atoms with Crippen LogP contribution < -0.4 is 10.2 Å². The van der Waals surface area contributed by atoms with E-state index >= 15 is 0 Å². The van der Waals surface area contributed by atoms with Gasteiger partial charge in [0.2, 0.25) is 0 Å². The summed E-state index contributed by atoms with van der Waals surface area (Å²) in [7, 11) is 0. The molecule has 3 rings (SSSR count). The molecule has 19 heavy (non-hydrogen) atoms. The van der Waals surface area contributed by atoms with Crippen molar-refractivity contribution in [3.63, 3.8) is 0 Å². The standard InChI is InChI=1S/C16H23BrN2/c17-14-7-2-3-8-15(14)19-12-6-11-18-16(13-19)9-4-1-5-10-16/h2-3,7-8,18H,1,4-6,9-13H2. The Balaban J connectivity index is 1.83. The first-order chi connectivity index (χ1) is 9.29. The maximum absolute atomic E-state index is 3.86. The van der Waals surface area contributed by atoms with Crippen LogP contribution >= 0.6 is 15.9 Å². The predicted octanol–water partition coefficient (Wildman–Crippen LogP) is 3.95. The van der Waals surface area contributed by atoms with Gasteiger partial charge >= 0.3 is 0 Å². The minimum Gasteiger partial charge on any atom is -0.369 e. The smallest absolute Gasteiger partial charge is 0.0511 e. The molecule has 2 fully saturated rings. The Morgan fingerprint density at radius 3 is 2.63 bits per heavy atom. The number of halogens is 1. The highest BCUT2D eigenvalue weighted by molar-refractivity contribution is 9.10. The van der Waals surface area contributed by atoms with E-state index in [1.54, 1.807) is 0 Å². The van der Waals surface area contributed by atoms with Crippen LogP contribution in [0.2, 0.25) is 0 Å². The minimum atomic E-state index is 0.365. The molecule has 1 aliphatic carbocycles. The molecule has 104 valence electrons. The first-order valence-electron chi connectivity index (χ1n) is 7.54. The van der Waals surface area contributed by atoms with Gasteiger partial charge in [0.25, 0.3) is 0 Å². The van der Waals surface area contributed by atoms with Crippen LogP contribution in [0.5, 0.6) is 0 Å². The van der Waals surface area contributed by atoms with Crippen molar-refractivity contribution in [2.75, 3.05) is 24.5 Å². The van der Waals surface area contributed by atoms with Crippen molar-refractivity contribution in [3.8, 4) is 0 Å². The summed E-state index contributed by atoms with van der Waals surface area (Å²) in [4.78, 5) is 2.58. The van der Waals surface area contributed by atoms with Crippen molar-refractivity contribution in [1.82, 2.24) is 5.32 Å². The molecule has 1 saturated heterocycles. The van der Waals surface area contributed by atoms with E-state index in [1.807, 2.05) is 0 Å². The molecule has 1 aromatic rings. The quantitative estimate of drug-likeness (QED) is 0.842. The summed E-state index contributed by atoms with van der Waals surface area (Å²) < 4.78 is 1.22. The third-order valence-corrected chi connectivity index (χ3v) is 5.27. The number of hydrogen-bond acceptors (Lipinski definition) is 2. The highest BCUT2D eigenvalue weighted by Gasteiger charge is 2.35. The van der Waals surface area contributed by atoms with Crippen LogP contribution in [-0.2, 0) is 0 Å². The monoisotopic (exact) mass is 322 g/mol. The van der Waals surface area contributed by atoms with E-state index in [0.717, 1.165) is 13.1 Å². The van der Waals surface area contributed by atoms with Gasteiger partial charge in [0, 0.05) is 23.1 Å².